The van der Waals surface area contributed by atoms with Crippen molar-refractivity contribution >= 4 is 11.6 Å². The number of nitrogens with one attached hydrogen (secondary N) is 1. The van der Waals surface area contributed by atoms with E-state index in [9.17, 15) is 8.78 Å². The molecule has 7 heteroatoms. The van der Waals surface area contributed by atoms with Gasteiger partial charge in [-0.15, -0.1) is 0 Å². The molecule has 0 saturated heterocycles. The molecule has 0 unspecified atom stereocenters. The van der Waals surface area contributed by atoms with Crippen molar-refractivity contribution < 1.29 is 23.0 Å². The van der Waals surface area contributed by atoms with Crippen molar-refractivity contribution in [1.82, 2.24) is 5.32 Å². The van der Waals surface area contributed by atoms with Gasteiger partial charge in [0.1, 0.15) is 6.61 Å². The van der Waals surface area contributed by atoms with Gasteiger partial charge in [-0.05, 0) is 17.7 Å². The SMILES string of the molecule is FC(F)COCCNCc1cc(Cl)c2c(c1)OCCCO2. The molecule has 21 heavy (non-hydrogen) atoms. The lowest BCUT2D eigenvalue weighted by molar-refractivity contribution is 0.0187. The second-order valence-corrected chi connectivity index (χ2v) is 5.01. The Bertz CT molecular complexity index is 460. The number of rotatable bonds is 7. The van der Waals surface area contributed by atoms with Crippen LogP contribution < -0.4 is 14.8 Å². The smallest absolute Gasteiger partial charge is 0.261 e. The predicted molar refractivity (Wildman–Crippen MR) is 75.6 cm³/mol. The van der Waals surface area contributed by atoms with E-state index in [1.54, 1.807) is 0 Å². The van der Waals surface area contributed by atoms with Crippen molar-refractivity contribution in [1.29, 1.82) is 0 Å². The standard InChI is InChI=1S/C14H18ClF2NO3/c15-11-6-10(8-18-2-5-19-9-13(16)17)7-12-14(11)21-4-1-3-20-12/h6-7,13,18H,1-5,8-9H2. The molecule has 1 aliphatic rings. The fraction of sp³-hybridized carbons (Fsp3) is 0.571. The van der Waals surface area contributed by atoms with Crippen molar-refractivity contribution in [3.63, 3.8) is 0 Å². The van der Waals surface area contributed by atoms with Crippen molar-refractivity contribution in [2.24, 2.45) is 0 Å². The summed E-state index contributed by atoms with van der Waals surface area (Å²) in [5, 5.41) is 3.61. The molecular weight excluding hydrogens is 304 g/mol. The molecule has 1 aromatic rings. The molecule has 1 aromatic carbocycles. The maximum absolute atomic E-state index is 11.9. The molecule has 0 saturated carbocycles. The van der Waals surface area contributed by atoms with E-state index in [1.165, 1.54) is 0 Å². The summed E-state index contributed by atoms with van der Waals surface area (Å²) >= 11 is 6.18. The molecule has 2 rings (SSSR count). The lowest BCUT2D eigenvalue weighted by Crippen LogP contribution is -2.20. The Hall–Kier alpha value is -1.11. The predicted octanol–water partition coefficient (Wildman–Crippen LogP) is 2.87. The fourth-order valence-corrected chi connectivity index (χ4v) is 2.22. The van der Waals surface area contributed by atoms with Crippen LogP contribution in [0.15, 0.2) is 12.1 Å². The number of halogens is 3. The zero-order valence-electron chi connectivity index (χ0n) is 11.5. The van der Waals surface area contributed by atoms with Gasteiger partial charge in [-0.25, -0.2) is 8.78 Å². The maximum atomic E-state index is 11.9. The Kier molecular flexibility index (Phi) is 6.48. The van der Waals surface area contributed by atoms with Gasteiger partial charge in [0, 0.05) is 19.5 Å². The summed E-state index contributed by atoms with van der Waals surface area (Å²) in [5.41, 5.74) is 0.943. The average Bonchev–Trinajstić information content (AvgIpc) is 2.68. The van der Waals surface area contributed by atoms with Gasteiger partial charge in [0.2, 0.25) is 0 Å². The summed E-state index contributed by atoms with van der Waals surface area (Å²) in [6, 6.07) is 3.68. The van der Waals surface area contributed by atoms with Crippen molar-refractivity contribution in [3.8, 4) is 11.5 Å². The van der Waals surface area contributed by atoms with Gasteiger partial charge in [0.05, 0.1) is 24.8 Å². The Morgan fingerprint density at radius 1 is 1.29 bits per heavy atom. The number of ether oxygens (including phenoxy) is 3. The van der Waals surface area contributed by atoms with Gasteiger partial charge in [0.15, 0.2) is 11.5 Å². The Labute approximate surface area is 127 Å². The van der Waals surface area contributed by atoms with E-state index < -0.39 is 13.0 Å². The van der Waals surface area contributed by atoms with Crippen LogP contribution in [0.25, 0.3) is 0 Å². The Balaban J connectivity index is 1.81. The van der Waals surface area contributed by atoms with Gasteiger partial charge in [-0.3, -0.25) is 0 Å². The second kappa shape index (κ2) is 8.36. The van der Waals surface area contributed by atoms with Crippen LogP contribution in [-0.2, 0) is 11.3 Å². The molecule has 0 radical (unpaired) electrons. The van der Waals surface area contributed by atoms with E-state index in [-0.39, 0.29) is 6.61 Å². The zero-order valence-corrected chi connectivity index (χ0v) is 12.3. The molecule has 0 fully saturated rings. The summed E-state index contributed by atoms with van der Waals surface area (Å²) in [4.78, 5) is 0. The van der Waals surface area contributed by atoms with E-state index in [0.29, 0.717) is 42.8 Å². The third-order valence-electron chi connectivity index (χ3n) is 2.86. The van der Waals surface area contributed by atoms with Crippen molar-refractivity contribution in [2.75, 3.05) is 33.0 Å². The monoisotopic (exact) mass is 321 g/mol. The molecule has 118 valence electrons. The Morgan fingerprint density at radius 3 is 2.90 bits per heavy atom. The first kappa shape index (κ1) is 16.3. The third kappa shape index (κ3) is 5.30. The maximum Gasteiger partial charge on any atom is 0.261 e. The molecule has 1 N–H and O–H groups in total. The minimum Gasteiger partial charge on any atom is -0.489 e. The highest BCUT2D eigenvalue weighted by Crippen LogP contribution is 2.37. The first-order valence-electron chi connectivity index (χ1n) is 6.81. The molecule has 0 aliphatic carbocycles. The van der Waals surface area contributed by atoms with Crippen LogP contribution in [0.2, 0.25) is 5.02 Å². The molecule has 4 nitrogen and oxygen atoms in total. The Morgan fingerprint density at radius 2 is 2.10 bits per heavy atom. The van der Waals surface area contributed by atoms with E-state index in [1.807, 2.05) is 12.1 Å². The first-order valence-corrected chi connectivity index (χ1v) is 7.19. The highest BCUT2D eigenvalue weighted by Gasteiger charge is 2.15. The summed E-state index contributed by atoms with van der Waals surface area (Å²) < 4.78 is 39.6. The summed E-state index contributed by atoms with van der Waals surface area (Å²) in [7, 11) is 0. The van der Waals surface area contributed by atoms with E-state index in [4.69, 9.17) is 25.8 Å². The lowest BCUT2D eigenvalue weighted by atomic mass is 10.2. The number of alkyl halides is 2. The fourth-order valence-electron chi connectivity index (χ4n) is 1.94. The van der Waals surface area contributed by atoms with Crippen LogP contribution in [0.5, 0.6) is 11.5 Å². The van der Waals surface area contributed by atoms with Crippen LogP contribution in [0.1, 0.15) is 12.0 Å². The molecule has 0 bridgehead atoms. The zero-order chi connectivity index (χ0) is 15.1. The topological polar surface area (TPSA) is 39.7 Å². The minimum atomic E-state index is -2.43. The lowest BCUT2D eigenvalue weighted by Gasteiger charge is -2.12. The molecular formula is C14H18ClF2NO3. The van der Waals surface area contributed by atoms with Gasteiger partial charge >= 0.3 is 0 Å². The quantitative estimate of drug-likeness (QED) is 0.784. The van der Waals surface area contributed by atoms with Crippen LogP contribution in [-0.4, -0.2) is 39.4 Å². The number of fused-ring (bicyclic) bond motifs is 1. The van der Waals surface area contributed by atoms with E-state index >= 15 is 0 Å². The summed E-state index contributed by atoms with van der Waals surface area (Å²) in [6.45, 7) is 1.93. The highest BCUT2D eigenvalue weighted by atomic mass is 35.5. The molecule has 0 spiro atoms. The normalized spacial score (nSPS) is 14.3. The molecule has 1 heterocycles. The highest BCUT2D eigenvalue weighted by molar-refractivity contribution is 6.32. The molecule has 0 aromatic heterocycles. The van der Waals surface area contributed by atoms with Crippen LogP contribution in [0.4, 0.5) is 8.78 Å². The second-order valence-electron chi connectivity index (χ2n) is 4.60. The van der Waals surface area contributed by atoms with Crippen molar-refractivity contribution in [3.05, 3.63) is 22.7 Å². The van der Waals surface area contributed by atoms with Crippen LogP contribution in [0.3, 0.4) is 0 Å². The average molecular weight is 322 g/mol. The largest absolute Gasteiger partial charge is 0.489 e. The van der Waals surface area contributed by atoms with Gasteiger partial charge in [0.25, 0.3) is 6.43 Å². The van der Waals surface area contributed by atoms with Crippen molar-refractivity contribution in [2.45, 2.75) is 19.4 Å². The minimum absolute atomic E-state index is 0.239. The number of benzene rings is 1. The van der Waals surface area contributed by atoms with Crippen LogP contribution in [0, 0.1) is 0 Å². The van der Waals surface area contributed by atoms with E-state index in [2.05, 4.69) is 5.32 Å². The molecule has 0 amide bonds. The summed E-state index contributed by atoms with van der Waals surface area (Å²) in [6.07, 6.45) is -1.61. The summed E-state index contributed by atoms with van der Waals surface area (Å²) in [5.74, 6) is 1.23. The van der Waals surface area contributed by atoms with Gasteiger partial charge in [-0.2, -0.15) is 0 Å². The van der Waals surface area contributed by atoms with Gasteiger partial charge in [-0.1, -0.05) is 11.6 Å². The van der Waals surface area contributed by atoms with Gasteiger partial charge < -0.3 is 19.5 Å². The first-order chi connectivity index (χ1) is 10.2. The van der Waals surface area contributed by atoms with Crippen LogP contribution >= 0.6 is 11.6 Å². The number of hydrogen-bond donors (Lipinski definition) is 1. The molecule has 0 atom stereocenters. The van der Waals surface area contributed by atoms with E-state index in [0.717, 1.165) is 12.0 Å². The third-order valence-corrected chi connectivity index (χ3v) is 3.14. The number of hydrogen-bond acceptors (Lipinski definition) is 4. The molecule has 1 aliphatic heterocycles.